The van der Waals surface area contributed by atoms with Crippen LogP contribution in [0.1, 0.15) is 38.3 Å². The highest BCUT2D eigenvalue weighted by molar-refractivity contribution is 6.25. The van der Waals surface area contributed by atoms with Crippen molar-refractivity contribution < 1.29 is 34.8 Å². The predicted octanol–water partition coefficient (Wildman–Crippen LogP) is 0.624. The minimum atomic E-state index is -2.62. The van der Waals surface area contributed by atoms with Crippen LogP contribution in [0.25, 0.3) is 5.76 Å². The van der Waals surface area contributed by atoms with Crippen molar-refractivity contribution in [2.24, 2.45) is 17.8 Å². The van der Waals surface area contributed by atoms with Crippen molar-refractivity contribution in [2.75, 3.05) is 33.1 Å². The summed E-state index contributed by atoms with van der Waals surface area (Å²) >= 11 is 0. The van der Waals surface area contributed by atoms with Crippen molar-refractivity contribution in [3.05, 3.63) is 28.8 Å². The third-order valence-corrected chi connectivity index (χ3v) is 7.90. The first-order valence-corrected chi connectivity index (χ1v) is 12.5. The molecule has 10 nitrogen and oxygen atoms in total. The van der Waals surface area contributed by atoms with Gasteiger partial charge in [0.2, 0.25) is 11.7 Å². The molecule has 3 aliphatic carbocycles. The number of hydrogen-bond donors (Lipinski definition) is 5. The van der Waals surface area contributed by atoms with Gasteiger partial charge < -0.3 is 35.5 Å². The molecule has 2 fully saturated rings. The monoisotopic (exact) mass is 515 g/mol. The Morgan fingerprint density at radius 1 is 1.11 bits per heavy atom. The summed E-state index contributed by atoms with van der Waals surface area (Å²) in [6.45, 7) is 5.16. The molecule has 0 aromatic heterocycles. The van der Waals surface area contributed by atoms with Crippen molar-refractivity contribution in [1.29, 1.82) is 0 Å². The zero-order valence-electron chi connectivity index (χ0n) is 22.4. The van der Waals surface area contributed by atoms with Gasteiger partial charge in [-0.1, -0.05) is 0 Å². The van der Waals surface area contributed by atoms with Crippen LogP contribution in [0.2, 0.25) is 0 Å². The van der Waals surface area contributed by atoms with Gasteiger partial charge in [0.1, 0.15) is 17.4 Å². The summed E-state index contributed by atoms with van der Waals surface area (Å²) in [6.07, 6.45) is -1.06. The lowest BCUT2D eigenvalue weighted by Crippen LogP contribution is -2.74. The number of phenols is 1. The first-order valence-electron chi connectivity index (χ1n) is 12.5. The fourth-order valence-electron chi connectivity index (χ4n) is 6.43. The normalized spacial score (nSPS) is 31.6. The first kappa shape index (κ1) is 27.1. The number of hydrogen-bond acceptors (Lipinski definition) is 9. The molecule has 37 heavy (non-hydrogen) atoms. The van der Waals surface area contributed by atoms with Crippen molar-refractivity contribution in [1.82, 2.24) is 10.2 Å². The smallest absolute Gasteiger partial charge is 0.233 e. The molecule has 0 saturated heterocycles. The lowest BCUT2D eigenvalue weighted by Gasteiger charge is -2.54. The SMILES string of the molecule is CN(C)c1ccc(O)c2c1C[C@H]1C[C@H]3[C@H](N(C)C)C(O)C(C(=O)NC(C)(C)C)C(=O)[C@@]3(O)C(=O)C1=C2O. The topological polar surface area (TPSA) is 151 Å². The van der Waals surface area contributed by atoms with Gasteiger partial charge in [0.15, 0.2) is 11.4 Å². The molecule has 202 valence electrons. The van der Waals surface area contributed by atoms with E-state index in [4.69, 9.17) is 0 Å². The van der Waals surface area contributed by atoms with Gasteiger partial charge in [0, 0.05) is 42.9 Å². The predicted molar refractivity (Wildman–Crippen MR) is 137 cm³/mol. The zero-order valence-corrected chi connectivity index (χ0v) is 22.4. The van der Waals surface area contributed by atoms with Crippen LogP contribution in [0.4, 0.5) is 5.69 Å². The average Bonchev–Trinajstić information content (AvgIpc) is 2.74. The van der Waals surface area contributed by atoms with Gasteiger partial charge in [-0.05, 0) is 71.3 Å². The van der Waals surface area contributed by atoms with E-state index >= 15 is 0 Å². The van der Waals surface area contributed by atoms with Gasteiger partial charge in [-0.3, -0.25) is 14.4 Å². The summed E-state index contributed by atoms with van der Waals surface area (Å²) in [4.78, 5) is 44.4. The summed E-state index contributed by atoms with van der Waals surface area (Å²) in [5, 5.41) is 47.7. The summed E-state index contributed by atoms with van der Waals surface area (Å²) in [7, 11) is 6.98. The third kappa shape index (κ3) is 4.02. The van der Waals surface area contributed by atoms with Gasteiger partial charge in [-0.25, -0.2) is 0 Å². The minimum absolute atomic E-state index is 0.0994. The van der Waals surface area contributed by atoms with Crippen LogP contribution in [0, 0.1) is 17.8 Å². The van der Waals surface area contributed by atoms with E-state index in [1.165, 1.54) is 6.07 Å². The van der Waals surface area contributed by atoms with E-state index in [-0.39, 0.29) is 29.7 Å². The molecule has 2 unspecified atom stereocenters. The lowest BCUT2D eigenvalue weighted by atomic mass is 9.54. The number of carbonyl (C=O) groups is 3. The number of likely N-dealkylation sites (N-methyl/N-ethyl adjacent to an activating group) is 1. The second-order valence-corrected chi connectivity index (χ2v) is 12.0. The fourth-order valence-corrected chi connectivity index (χ4v) is 6.43. The summed E-state index contributed by atoms with van der Waals surface area (Å²) < 4.78 is 0. The van der Waals surface area contributed by atoms with Crippen LogP contribution in [0.5, 0.6) is 5.75 Å². The summed E-state index contributed by atoms with van der Waals surface area (Å²) in [6, 6.07) is 2.26. The molecule has 0 heterocycles. The Kier molecular flexibility index (Phi) is 6.46. The van der Waals surface area contributed by atoms with Gasteiger partial charge in [-0.15, -0.1) is 0 Å². The number of aromatic hydroxyl groups is 1. The molecule has 1 amide bonds. The molecule has 0 aliphatic heterocycles. The maximum absolute atomic E-state index is 14.0. The Balaban J connectivity index is 1.89. The van der Waals surface area contributed by atoms with Gasteiger partial charge in [0.25, 0.3) is 0 Å². The van der Waals surface area contributed by atoms with Crippen LogP contribution < -0.4 is 10.2 Å². The molecule has 3 aliphatic rings. The fraction of sp³-hybridized carbons (Fsp3) is 0.593. The molecule has 0 spiro atoms. The van der Waals surface area contributed by atoms with E-state index < -0.39 is 64.3 Å². The molecule has 10 heteroatoms. The molecule has 0 bridgehead atoms. The van der Waals surface area contributed by atoms with Gasteiger partial charge in [-0.2, -0.15) is 0 Å². The Morgan fingerprint density at radius 2 is 1.73 bits per heavy atom. The average molecular weight is 516 g/mol. The number of Topliss-reactive ketones (excluding diaryl/α,β-unsaturated/α-hetero) is 2. The van der Waals surface area contributed by atoms with Gasteiger partial charge >= 0.3 is 0 Å². The number of carbonyl (C=O) groups excluding carboxylic acids is 3. The molecule has 0 radical (unpaired) electrons. The van der Waals surface area contributed by atoms with Crippen molar-refractivity contribution >= 4 is 28.9 Å². The number of ketones is 2. The molecule has 4 rings (SSSR count). The summed E-state index contributed by atoms with van der Waals surface area (Å²) in [5.41, 5.74) is -1.96. The van der Waals surface area contributed by atoms with E-state index in [0.717, 1.165) is 5.69 Å². The second-order valence-electron chi connectivity index (χ2n) is 12.0. The first-order chi connectivity index (χ1) is 17.0. The molecule has 5 N–H and O–H groups in total. The number of anilines is 1. The highest BCUT2D eigenvalue weighted by atomic mass is 16.3. The van der Waals surface area contributed by atoms with Crippen LogP contribution >= 0.6 is 0 Å². The highest BCUT2D eigenvalue weighted by Gasteiger charge is 2.67. The Morgan fingerprint density at radius 3 is 2.27 bits per heavy atom. The van der Waals surface area contributed by atoms with E-state index in [0.29, 0.717) is 5.56 Å². The number of aliphatic hydroxyl groups is 3. The number of amides is 1. The molecule has 1 aromatic carbocycles. The molecular formula is C27H37N3O7. The maximum atomic E-state index is 14.0. The van der Waals surface area contributed by atoms with Crippen LogP contribution in [0.3, 0.4) is 0 Å². The van der Waals surface area contributed by atoms with Crippen LogP contribution in [-0.2, 0) is 20.8 Å². The molecule has 2 saturated carbocycles. The number of rotatable bonds is 3. The van der Waals surface area contributed by atoms with Crippen molar-refractivity contribution in [3.8, 4) is 5.75 Å². The lowest BCUT2D eigenvalue weighted by molar-refractivity contribution is -0.185. The second kappa shape index (κ2) is 8.82. The largest absolute Gasteiger partial charge is 0.507 e. The van der Waals surface area contributed by atoms with E-state index in [1.54, 1.807) is 45.8 Å². The van der Waals surface area contributed by atoms with Gasteiger partial charge in [0.05, 0.1) is 11.7 Å². The Bertz CT molecular complexity index is 1200. The van der Waals surface area contributed by atoms with E-state index in [1.807, 2.05) is 19.0 Å². The molecular weight excluding hydrogens is 478 g/mol. The zero-order chi connectivity index (χ0) is 27.8. The summed E-state index contributed by atoms with van der Waals surface area (Å²) in [5.74, 6) is -6.78. The Hall–Kier alpha value is -2.95. The number of benzene rings is 1. The standard InChI is InChI=1S/C27H37N3O7/c1-26(2,3)28-25(36)19-22(33)20(30(6)7)14-11-12-10-13-15(29(4)5)8-9-16(31)18(13)21(32)17(12)23(34)27(14,37)24(19)35/h8-9,12,14,19-20,22,31-33,37H,10-11H2,1-7H3,(H,28,36)/t12-,14-,19?,20-,22?,27-/m0/s1. The number of nitrogens with one attached hydrogen (secondary N) is 1. The number of aliphatic hydroxyl groups excluding tert-OH is 2. The molecule has 1 aromatic rings. The van der Waals surface area contributed by atoms with Crippen molar-refractivity contribution in [2.45, 2.75) is 56.9 Å². The number of phenolic OH excluding ortho intramolecular Hbond substituents is 1. The number of fused-ring (bicyclic) bond motifs is 3. The third-order valence-electron chi connectivity index (χ3n) is 7.90. The van der Waals surface area contributed by atoms with E-state index in [9.17, 15) is 34.8 Å². The Labute approximate surface area is 216 Å². The minimum Gasteiger partial charge on any atom is -0.507 e. The van der Waals surface area contributed by atoms with Crippen molar-refractivity contribution in [3.63, 3.8) is 0 Å². The van der Waals surface area contributed by atoms with Crippen LogP contribution in [-0.4, -0.2) is 94.3 Å². The highest BCUT2D eigenvalue weighted by Crippen LogP contribution is 2.53. The quantitative estimate of drug-likeness (QED) is 0.365. The van der Waals surface area contributed by atoms with E-state index in [2.05, 4.69) is 5.32 Å². The number of nitrogens with zero attached hydrogens (tertiary/aromatic N) is 2. The van der Waals surface area contributed by atoms with Crippen LogP contribution in [0.15, 0.2) is 17.7 Å². The molecule has 6 atom stereocenters. The maximum Gasteiger partial charge on any atom is 0.233 e.